The van der Waals surface area contributed by atoms with E-state index in [1.54, 1.807) is 0 Å². The Morgan fingerprint density at radius 2 is 0.703 bits per heavy atom. The summed E-state index contributed by atoms with van der Waals surface area (Å²) in [5.41, 5.74) is 0.0277. The van der Waals surface area contributed by atoms with Crippen molar-refractivity contribution in [1.29, 1.82) is 42.1 Å². The SMILES string of the molecule is N#CC1=C(c2ccc(OC(F)(F)F)cc2)/C(=C(/C#N)c2cc(C#N)cc(C#N)c2)c2cc3c(cc21)C(C#N)=C(c1ccc(OC(F)(F)F)cc1)/C3=C(/C#N)c1cc(C#N)cc(C#N)c1. The van der Waals surface area contributed by atoms with Gasteiger partial charge in [0.15, 0.2) is 0 Å². The Bertz CT molecular complexity index is 3090. The average Bonchev–Trinajstić information content (AvgIpc) is 3.76. The number of alkyl halides is 6. The van der Waals surface area contributed by atoms with Crippen LogP contribution in [0.25, 0.3) is 44.6 Å². The van der Waals surface area contributed by atoms with Crippen LogP contribution < -0.4 is 9.47 Å². The first kappa shape index (κ1) is 42.3. The molecule has 5 aromatic rings. The third-order valence-corrected chi connectivity index (χ3v) is 9.90. The number of ether oxygens (including phenoxy) is 2. The zero-order chi connectivity index (χ0) is 46.1. The molecule has 0 spiro atoms. The fraction of sp³-hybridized carbons (Fsp3) is 0.0417. The molecular formula is C48H16F6N8O2. The van der Waals surface area contributed by atoms with Crippen molar-refractivity contribution >= 4 is 44.6 Å². The summed E-state index contributed by atoms with van der Waals surface area (Å²) in [5.74, 6) is -1.21. The number of hydrogen-bond donors (Lipinski definition) is 0. The summed E-state index contributed by atoms with van der Waals surface area (Å²) in [6.45, 7) is 0. The maximum atomic E-state index is 13.2. The molecule has 0 heterocycles. The van der Waals surface area contributed by atoms with Gasteiger partial charge in [-0.2, -0.15) is 42.1 Å². The molecule has 0 bridgehead atoms. The van der Waals surface area contributed by atoms with Crippen molar-refractivity contribution in [2.45, 2.75) is 12.7 Å². The Hall–Kier alpha value is -9.84. The highest BCUT2D eigenvalue weighted by atomic mass is 19.4. The van der Waals surface area contributed by atoms with Gasteiger partial charge in [0.05, 0.1) is 68.8 Å². The van der Waals surface area contributed by atoms with Gasteiger partial charge in [0, 0.05) is 33.4 Å². The highest BCUT2D eigenvalue weighted by molar-refractivity contribution is 6.34. The van der Waals surface area contributed by atoms with Crippen LogP contribution in [0.1, 0.15) is 66.8 Å². The number of halogens is 6. The lowest BCUT2D eigenvalue weighted by Gasteiger charge is -2.16. The van der Waals surface area contributed by atoms with Crippen LogP contribution in [-0.2, 0) is 0 Å². The predicted molar refractivity (Wildman–Crippen MR) is 214 cm³/mol. The van der Waals surface area contributed by atoms with E-state index >= 15 is 0 Å². The minimum Gasteiger partial charge on any atom is -0.406 e. The van der Waals surface area contributed by atoms with Gasteiger partial charge in [-0.05, 0) is 106 Å². The van der Waals surface area contributed by atoms with Crippen LogP contribution in [0.2, 0.25) is 0 Å². The van der Waals surface area contributed by atoms with Crippen molar-refractivity contribution in [3.63, 3.8) is 0 Å². The van der Waals surface area contributed by atoms with Crippen LogP contribution >= 0.6 is 0 Å². The Labute approximate surface area is 358 Å². The van der Waals surface area contributed by atoms with Gasteiger partial charge in [-0.15, -0.1) is 26.3 Å². The Balaban J connectivity index is 1.62. The molecule has 0 fully saturated rings. The number of fused-ring (bicyclic) bond motifs is 2. The van der Waals surface area contributed by atoms with Crippen molar-refractivity contribution < 1.29 is 35.8 Å². The maximum Gasteiger partial charge on any atom is 0.573 e. The lowest BCUT2D eigenvalue weighted by atomic mass is 9.85. The summed E-state index contributed by atoms with van der Waals surface area (Å²) in [6.07, 6.45) is -10.1. The van der Waals surface area contributed by atoms with E-state index in [0.29, 0.717) is 0 Å². The van der Waals surface area contributed by atoms with E-state index in [1.807, 2.05) is 24.3 Å². The van der Waals surface area contributed by atoms with Crippen molar-refractivity contribution in [1.82, 2.24) is 0 Å². The number of rotatable bonds is 6. The molecule has 5 aromatic carbocycles. The first-order valence-electron chi connectivity index (χ1n) is 18.0. The van der Waals surface area contributed by atoms with Gasteiger partial charge < -0.3 is 9.47 Å². The Morgan fingerprint density at radius 1 is 0.391 bits per heavy atom. The number of hydrogen-bond acceptors (Lipinski definition) is 10. The zero-order valence-electron chi connectivity index (χ0n) is 31.9. The zero-order valence-corrected chi connectivity index (χ0v) is 31.9. The van der Waals surface area contributed by atoms with Crippen molar-refractivity contribution in [2.24, 2.45) is 0 Å². The fourth-order valence-electron chi connectivity index (χ4n) is 7.52. The van der Waals surface area contributed by atoms with E-state index < -0.39 is 24.2 Å². The molecule has 0 amide bonds. The molecule has 0 unspecified atom stereocenters. The second-order valence-corrected chi connectivity index (χ2v) is 13.6. The van der Waals surface area contributed by atoms with Crippen LogP contribution in [0.15, 0.2) is 97.1 Å². The molecule has 0 atom stereocenters. The van der Waals surface area contributed by atoms with Gasteiger partial charge in [-0.1, -0.05) is 24.3 Å². The Kier molecular flexibility index (Phi) is 10.8. The minimum absolute atomic E-state index is 0.00275. The van der Waals surface area contributed by atoms with Gasteiger partial charge >= 0.3 is 12.7 Å². The van der Waals surface area contributed by atoms with Gasteiger partial charge in [0.1, 0.15) is 35.8 Å². The molecule has 0 radical (unpaired) electrons. The van der Waals surface area contributed by atoms with Gasteiger partial charge in [-0.25, -0.2) is 0 Å². The number of benzene rings is 5. The van der Waals surface area contributed by atoms with Crippen LogP contribution in [0.3, 0.4) is 0 Å². The lowest BCUT2D eigenvalue weighted by molar-refractivity contribution is -0.275. The molecule has 16 heteroatoms. The molecule has 0 aliphatic heterocycles. The molecular weight excluding hydrogens is 835 g/mol. The monoisotopic (exact) mass is 850 g/mol. The average molecular weight is 851 g/mol. The van der Waals surface area contributed by atoms with Crippen molar-refractivity contribution in [2.75, 3.05) is 0 Å². The van der Waals surface area contributed by atoms with E-state index in [1.165, 1.54) is 72.8 Å². The predicted octanol–water partition coefficient (Wildman–Crippen LogP) is 10.7. The molecule has 0 saturated carbocycles. The summed E-state index contributed by atoms with van der Waals surface area (Å²) < 4.78 is 87.1. The molecule has 10 nitrogen and oxygen atoms in total. The molecule has 64 heavy (non-hydrogen) atoms. The summed E-state index contributed by atoms with van der Waals surface area (Å²) >= 11 is 0. The maximum absolute atomic E-state index is 13.2. The van der Waals surface area contributed by atoms with E-state index in [9.17, 15) is 68.4 Å². The number of nitriles is 8. The standard InChI is InChI=1S/C48H16F6N8O2/c49-47(50,51)63-33-5-1-29(2-6-33)43-41(23-61)35-15-36-38(16-37(35)45(43)39(21-59)31-11-25(17-55)9-26(12-31)18-56)46(40(22-60)32-13-27(19-57)10-28(14-32)20-58)44(42(36)24-62)30-3-7-34(8-4-30)64-48(52,53)54/h1-16H/b45-39-,46-40-. The Morgan fingerprint density at radius 3 is 0.969 bits per heavy atom. The molecule has 0 N–H and O–H groups in total. The van der Waals surface area contributed by atoms with Gasteiger partial charge in [-0.3, -0.25) is 0 Å². The highest BCUT2D eigenvalue weighted by Crippen LogP contribution is 2.56. The summed E-state index contributed by atoms with van der Waals surface area (Å²) in [5, 5.41) is 82.8. The molecule has 302 valence electrons. The fourth-order valence-corrected chi connectivity index (χ4v) is 7.52. The third-order valence-electron chi connectivity index (χ3n) is 9.90. The van der Waals surface area contributed by atoms with Crippen LogP contribution in [0.5, 0.6) is 11.5 Å². The number of allylic oxidation sites excluding steroid dienone is 8. The van der Waals surface area contributed by atoms with Crippen LogP contribution in [-0.4, -0.2) is 12.7 Å². The van der Waals surface area contributed by atoms with Crippen molar-refractivity contribution in [3.05, 3.63) is 164 Å². The number of nitrogens with zero attached hydrogens (tertiary/aromatic N) is 8. The lowest BCUT2D eigenvalue weighted by Crippen LogP contribution is -2.17. The first-order chi connectivity index (χ1) is 30.6. The highest BCUT2D eigenvalue weighted by Gasteiger charge is 2.38. The molecule has 2 aliphatic rings. The summed E-state index contributed by atoms with van der Waals surface area (Å²) in [6, 6.07) is 35.6. The largest absolute Gasteiger partial charge is 0.573 e. The molecule has 0 saturated heterocycles. The molecule has 0 aromatic heterocycles. The smallest absolute Gasteiger partial charge is 0.406 e. The van der Waals surface area contributed by atoms with Gasteiger partial charge in [0.25, 0.3) is 0 Å². The normalized spacial score (nSPS) is 14.2. The van der Waals surface area contributed by atoms with E-state index in [2.05, 4.69) is 33.8 Å². The van der Waals surface area contributed by atoms with Gasteiger partial charge in [0.2, 0.25) is 0 Å². The second-order valence-electron chi connectivity index (χ2n) is 13.6. The molecule has 7 rings (SSSR count). The third kappa shape index (κ3) is 7.82. The van der Waals surface area contributed by atoms with E-state index in [0.717, 1.165) is 24.3 Å². The van der Waals surface area contributed by atoms with Crippen LogP contribution in [0.4, 0.5) is 26.3 Å². The van der Waals surface area contributed by atoms with E-state index in [4.69, 9.17) is 0 Å². The summed E-state index contributed by atoms with van der Waals surface area (Å²) in [4.78, 5) is 0. The first-order valence-corrected chi connectivity index (χ1v) is 18.0. The second kappa shape index (κ2) is 16.3. The molecule has 2 aliphatic carbocycles. The van der Waals surface area contributed by atoms with Crippen LogP contribution in [0, 0.1) is 90.6 Å². The topological polar surface area (TPSA) is 209 Å². The van der Waals surface area contributed by atoms with E-state index in [-0.39, 0.29) is 111 Å². The minimum atomic E-state index is -5.05. The summed E-state index contributed by atoms with van der Waals surface area (Å²) in [7, 11) is 0. The van der Waals surface area contributed by atoms with Crippen molar-refractivity contribution in [3.8, 4) is 60.1 Å². The quantitative estimate of drug-likeness (QED) is 0.117.